The molecule has 112 valence electrons. The van der Waals surface area contributed by atoms with Gasteiger partial charge in [0.2, 0.25) is 0 Å². The van der Waals surface area contributed by atoms with E-state index in [-0.39, 0.29) is 6.42 Å². The molecule has 0 saturated carbocycles. The smallest absolute Gasteiger partial charge is 0.338 e. The highest BCUT2D eigenvalue weighted by Gasteiger charge is 2.08. The minimum absolute atomic E-state index is 0.0187. The second kappa shape index (κ2) is 7.17. The molecule has 0 heterocycles. The van der Waals surface area contributed by atoms with Gasteiger partial charge in [-0.2, -0.15) is 0 Å². The van der Waals surface area contributed by atoms with Gasteiger partial charge in [-0.3, -0.25) is 9.79 Å². The van der Waals surface area contributed by atoms with E-state index in [4.69, 9.17) is 9.84 Å². The van der Waals surface area contributed by atoms with Gasteiger partial charge in [0.1, 0.15) is 0 Å². The van der Waals surface area contributed by atoms with Gasteiger partial charge < -0.3 is 9.84 Å². The summed E-state index contributed by atoms with van der Waals surface area (Å²) in [6.45, 7) is 0. The lowest BCUT2D eigenvalue weighted by Gasteiger charge is -2.03. The van der Waals surface area contributed by atoms with Crippen LogP contribution in [0.3, 0.4) is 0 Å². The Hall–Kier alpha value is -2.95. The highest BCUT2D eigenvalue weighted by molar-refractivity contribution is 5.99. The molecular formula is C17H15NO4. The third-order valence-corrected chi connectivity index (χ3v) is 3.01. The van der Waals surface area contributed by atoms with Crippen molar-refractivity contribution in [1.82, 2.24) is 0 Å². The Morgan fingerprint density at radius 2 is 1.82 bits per heavy atom. The Labute approximate surface area is 127 Å². The molecule has 22 heavy (non-hydrogen) atoms. The number of benzene rings is 2. The predicted octanol–water partition coefficient (Wildman–Crippen LogP) is 2.85. The molecule has 0 atom stereocenters. The van der Waals surface area contributed by atoms with Crippen LogP contribution in [0.15, 0.2) is 53.5 Å². The number of carboxylic acids is 1. The van der Waals surface area contributed by atoms with Crippen LogP contribution in [0, 0.1) is 0 Å². The number of aliphatic carboxylic acids is 1. The van der Waals surface area contributed by atoms with Crippen LogP contribution in [0.1, 0.15) is 21.5 Å². The molecule has 1 N–H and O–H groups in total. The zero-order valence-corrected chi connectivity index (χ0v) is 12.0. The summed E-state index contributed by atoms with van der Waals surface area (Å²) >= 11 is 0. The van der Waals surface area contributed by atoms with Crippen molar-refractivity contribution in [2.75, 3.05) is 7.11 Å². The minimum atomic E-state index is -0.872. The van der Waals surface area contributed by atoms with E-state index in [2.05, 4.69) is 4.99 Å². The topological polar surface area (TPSA) is 76.0 Å². The SMILES string of the molecule is COC(=O)c1ccccc1C=Nc1ccc(CC(=O)O)cc1. The third-order valence-electron chi connectivity index (χ3n) is 3.01. The molecule has 0 unspecified atom stereocenters. The molecule has 0 bridgehead atoms. The maximum Gasteiger partial charge on any atom is 0.338 e. The Morgan fingerprint density at radius 1 is 1.14 bits per heavy atom. The Kier molecular flexibility index (Phi) is 5.03. The summed E-state index contributed by atoms with van der Waals surface area (Å²) in [6, 6.07) is 13.9. The molecule has 0 aliphatic carbocycles. The number of methoxy groups -OCH3 is 1. The van der Waals surface area contributed by atoms with E-state index in [1.165, 1.54) is 7.11 Å². The molecule has 0 fully saturated rings. The summed E-state index contributed by atoms with van der Waals surface area (Å²) in [7, 11) is 1.33. The van der Waals surface area contributed by atoms with Crippen LogP contribution in [0.5, 0.6) is 0 Å². The largest absolute Gasteiger partial charge is 0.481 e. The first-order valence-electron chi connectivity index (χ1n) is 6.62. The van der Waals surface area contributed by atoms with E-state index in [1.807, 2.05) is 6.07 Å². The number of aliphatic imine (C=N–C) groups is 1. The average Bonchev–Trinajstić information content (AvgIpc) is 2.53. The van der Waals surface area contributed by atoms with Gasteiger partial charge in [-0.1, -0.05) is 30.3 Å². The van der Waals surface area contributed by atoms with Gasteiger partial charge in [0.05, 0.1) is 24.8 Å². The van der Waals surface area contributed by atoms with Gasteiger partial charge in [-0.15, -0.1) is 0 Å². The Bertz CT molecular complexity index is 705. The second-order valence-corrected chi connectivity index (χ2v) is 4.57. The molecule has 5 heteroatoms. The van der Waals surface area contributed by atoms with Gasteiger partial charge in [0.25, 0.3) is 0 Å². The van der Waals surface area contributed by atoms with Crippen LogP contribution in [0.4, 0.5) is 5.69 Å². The summed E-state index contributed by atoms with van der Waals surface area (Å²) in [4.78, 5) is 26.6. The van der Waals surface area contributed by atoms with E-state index in [9.17, 15) is 9.59 Å². The van der Waals surface area contributed by atoms with Crippen molar-refractivity contribution in [2.24, 2.45) is 4.99 Å². The van der Waals surface area contributed by atoms with Gasteiger partial charge >= 0.3 is 11.9 Å². The summed E-state index contributed by atoms with van der Waals surface area (Å²) in [5, 5.41) is 8.72. The summed E-state index contributed by atoms with van der Waals surface area (Å²) in [6.07, 6.45) is 1.56. The van der Waals surface area contributed by atoms with E-state index >= 15 is 0 Å². The highest BCUT2D eigenvalue weighted by atomic mass is 16.5. The number of hydrogen-bond acceptors (Lipinski definition) is 4. The summed E-state index contributed by atoms with van der Waals surface area (Å²) in [5.41, 5.74) is 2.48. The normalized spacial score (nSPS) is 10.6. The molecule has 0 aliphatic heterocycles. The molecule has 0 aliphatic rings. The maximum absolute atomic E-state index is 11.7. The number of ether oxygens (including phenoxy) is 1. The standard InChI is InChI=1S/C17H15NO4/c1-22-17(21)15-5-3-2-4-13(15)11-18-14-8-6-12(7-9-14)10-16(19)20/h2-9,11H,10H2,1H3,(H,19,20). The van der Waals surface area contributed by atoms with Crippen LogP contribution in [-0.4, -0.2) is 30.4 Å². The van der Waals surface area contributed by atoms with Gasteiger partial charge in [-0.05, 0) is 23.8 Å². The lowest BCUT2D eigenvalue weighted by Crippen LogP contribution is -2.04. The molecule has 0 amide bonds. The van der Waals surface area contributed by atoms with Crippen molar-refractivity contribution in [3.8, 4) is 0 Å². The van der Waals surface area contributed by atoms with E-state index in [1.54, 1.807) is 48.7 Å². The molecule has 2 rings (SSSR count). The molecule has 5 nitrogen and oxygen atoms in total. The summed E-state index contributed by atoms with van der Waals surface area (Å²) in [5.74, 6) is -1.29. The fourth-order valence-corrected chi connectivity index (χ4v) is 1.92. The van der Waals surface area contributed by atoms with Gasteiger partial charge in [0.15, 0.2) is 0 Å². The zero-order valence-electron chi connectivity index (χ0n) is 12.0. The van der Waals surface area contributed by atoms with E-state index < -0.39 is 11.9 Å². The quantitative estimate of drug-likeness (QED) is 0.680. The van der Waals surface area contributed by atoms with Gasteiger partial charge in [0, 0.05) is 11.8 Å². The van der Waals surface area contributed by atoms with Crippen molar-refractivity contribution < 1.29 is 19.4 Å². The first-order valence-corrected chi connectivity index (χ1v) is 6.62. The average molecular weight is 297 g/mol. The molecule has 0 saturated heterocycles. The number of rotatable bonds is 5. The number of carboxylic acid groups (broad SMARTS) is 1. The highest BCUT2D eigenvalue weighted by Crippen LogP contribution is 2.15. The molecule has 2 aromatic rings. The van der Waals surface area contributed by atoms with Gasteiger partial charge in [-0.25, -0.2) is 4.79 Å². The number of carbonyl (C=O) groups excluding carboxylic acids is 1. The van der Waals surface area contributed by atoms with Crippen LogP contribution in [0.2, 0.25) is 0 Å². The number of nitrogens with zero attached hydrogens (tertiary/aromatic N) is 1. The predicted molar refractivity (Wildman–Crippen MR) is 82.8 cm³/mol. The third kappa shape index (κ3) is 4.02. The van der Waals surface area contributed by atoms with Crippen molar-refractivity contribution in [1.29, 1.82) is 0 Å². The first kappa shape index (κ1) is 15.4. The van der Waals surface area contributed by atoms with Crippen molar-refractivity contribution >= 4 is 23.8 Å². The van der Waals surface area contributed by atoms with Crippen LogP contribution >= 0.6 is 0 Å². The Balaban J connectivity index is 2.18. The zero-order chi connectivity index (χ0) is 15.9. The molecule has 0 radical (unpaired) electrons. The summed E-state index contributed by atoms with van der Waals surface area (Å²) < 4.78 is 4.73. The number of esters is 1. The number of hydrogen-bond donors (Lipinski definition) is 1. The first-order chi connectivity index (χ1) is 10.6. The Morgan fingerprint density at radius 3 is 2.45 bits per heavy atom. The maximum atomic E-state index is 11.7. The fourth-order valence-electron chi connectivity index (χ4n) is 1.92. The lowest BCUT2D eigenvalue weighted by molar-refractivity contribution is -0.136. The van der Waals surface area contributed by atoms with Crippen molar-refractivity contribution in [3.63, 3.8) is 0 Å². The van der Waals surface area contributed by atoms with Crippen LogP contribution in [0.25, 0.3) is 0 Å². The molecule has 0 aromatic heterocycles. The van der Waals surface area contributed by atoms with Crippen molar-refractivity contribution in [2.45, 2.75) is 6.42 Å². The van der Waals surface area contributed by atoms with Crippen molar-refractivity contribution in [3.05, 3.63) is 65.2 Å². The minimum Gasteiger partial charge on any atom is -0.481 e. The van der Waals surface area contributed by atoms with E-state index in [0.29, 0.717) is 22.4 Å². The number of carbonyl (C=O) groups is 2. The second-order valence-electron chi connectivity index (χ2n) is 4.57. The lowest BCUT2D eigenvalue weighted by atomic mass is 10.1. The molecular weight excluding hydrogens is 282 g/mol. The fraction of sp³-hybridized carbons (Fsp3) is 0.118. The molecule has 0 spiro atoms. The van der Waals surface area contributed by atoms with Crippen LogP contribution < -0.4 is 0 Å². The van der Waals surface area contributed by atoms with E-state index in [0.717, 1.165) is 0 Å². The molecule has 2 aromatic carbocycles. The van der Waals surface area contributed by atoms with Crippen LogP contribution in [-0.2, 0) is 16.0 Å². The monoisotopic (exact) mass is 297 g/mol.